The summed E-state index contributed by atoms with van der Waals surface area (Å²) in [7, 11) is 2.09. The molecule has 3 nitrogen and oxygen atoms in total. The van der Waals surface area contributed by atoms with Crippen molar-refractivity contribution < 1.29 is 0 Å². The molecule has 1 aromatic rings. The minimum atomic E-state index is 0.578. The third kappa shape index (κ3) is 2.70. The van der Waals surface area contributed by atoms with E-state index in [1.54, 1.807) is 6.20 Å². The van der Waals surface area contributed by atoms with E-state index in [0.29, 0.717) is 6.54 Å². The van der Waals surface area contributed by atoms with E-state index in [4.69, 9.17) is 5.73 Å². The summed E-state index contributed by atoms with van der Waals surface area (Å²) in [6, 6.07) is 1.98. The second-order valence-corrected chi connectivity index (χ2v) is 3.48. The third-order valence-corrected chi connectivity index (χ3v) is 2.37. The Morgan fingerprint density at radius 3 is 2.93 bits per heavy atom. The molecule has 78 valence electrons. The Hall–Kier alpha value is -1.09. The zero-order valence-corrected chi connectivity index (χ0v) is 9.03. The summed E-state index contributed by atoms with van der Waals surface area (Å²) < 4.78 is 0. The van der Waals surface area contributed by atoms with Crippen LogP contribution in [-0.2, 0) is 6.54 Å². The maximum absolute atomic E-state index is 5.66. The van der Waals surface area contributed by atoms with Gasteiger partial charge in [0.25, 0.3) is 0 Å². The van der Waals surface area contributed by atoms with Crippen molar-refractivity contribution in [2.45, 2.75) is 26.3 Å². The van der Waals surface area contributed by atoms with Gasteiger partial charge in [-0.1, -0.05) is 13.3 Å². The zero-order valence-electron chi connectivity index (χ0n) is 9.03. The van der Waals surface area contributed by atoms with Gasteiger partial charge in [0.2, 0.25) is 0 Å². The molecule has 0 aromatic carbocycles. The van der Waals surface area contributed by atoms with E-state index in [1.807, 2.05) is 12.3 Å². The van der Waals surface area contributed by atoms with Crippen molar-refractivity contribution in [1.29, 1.82) is 0 Å². The summed E-state index contributed by atoms with van der Waals surface area (Å²) in [4.78, 5) is 6.35. The number of nitrogens with two attached hydrogens (primary N) is 1. The highest BCUT2D eigenvalue weighted by Crippen LogP contribution is 2.17. The van der Waals surface area contributed by atoms with E-state index < -0.39 is 0 Å². The monoisotopic (exact) mass is 193 g/mol. The molecule has 0 unspecified atom stereocenters. The number of anilines is 1. The van der Waals surface area contributed by atoms with Crippen molar-refractivity contribution in [3.8, 4) is 0 Å². The van der Waals surface area contributed by atoms with Gasteiger partial charge >= 0.3 is 0 Å². The SMILES string of the molecule is CCCCN(C)c1cnccc1CN. The standard InChI is InChI=1S/C11H19N3/c1-3-4-7-14(2)11-9-13-6-5-10(11)8-12/h5-6,9H,3-4,7-8,12H2,1-2H3. The van der Waals surface area contributed by atoms with Gasteiger partial charge in [-0.25, -0.2) is 0 Å². The van der Waals surface area contributed by atoms with Crippen LogP contribution in [0.4, 0.5) is 5.69 Å². The molecule has 0 aliphatic heterocycles. The minimum absolute atomic E-state index is 0.578. The van der Waals surface area contributed by atoms with Crippen molar-refractivity contribution in [3.05, 3.63) is 24.0 Å². The smallest absolute Gasteiger partial charge is 0.0595 e. The van der Waals surface area contributed by atoms with Crippen molar-refractivity contribution in [2.24, 2.45) is 5.73 Å². The summed E-state index contributed by atoms with van der Waals surface area (Å²) in [5.74, 6) is 0. The fourth-order valence-corrected chi connectivity index (χ4v) is 1.45. The van der Waals surface area contributed by atoms with E-state index in [0.717, 1.165) is 12.2 Å². The van der Waals surface area contributed by atoms with Crippen LogP contribution in [0.15, 0.2) is 18.5 Å². The van der Waals surface area contributed by atoms with Crippen molar-refractivity contribution in [3.63, 3.8) is 0 Å². The minimum Gasteiger partial charge on any atom is -0.373 e. The zero-order chi connectivity index (χ0) is 10.4. The van der Waals surface area contributed by atoms with E-state index >= 15 is 0 Å². The summed E-state index contributed by atoms with van der Waals surface area (Å²) >= 11 is 0. The Morgan fingerprint density at radius 1 is 1.50 bits per heavy atom. The van der Waals surface area contributed by atoms with Gasteiger partial charge in [-0.3, -0.25) is 4.98 Å². The van der Waals surface area contributed by atoms with Gasteiger partial charge in [-0.15, -0.1) is 0 Å². The molecule has 0 fully saturated rings. The Bertz CT molecular complexity index is 273. The fourth-order valence-electron chi connectivity index (χ4n) is 1.45. The van der Waals surface area contributed by atoms with Crippen LogP contribution >= 0.6 is 0 Å². The molecular formula is C11H19N3. The quantitative estimate of drug-likeness (QED) is 0.775. The Balaban J connectivity index is 2.72. The first-order valence-corrected chi connectivity index (χ1v) is 5.13. The van der Waals surface area contributed by atoms with Gasteiger partial charge in [0.15, 0.2) is 0 Å². The van der Waals surface area contributed by atoms with E-state index in [-0.39, 0.29) is 0 Å². The summed E-state index contributed by atoms with van der Waals surface area (Å²) in [6.07, 6.45) is 6.09. The molecule has 1 heterocycles. The molecule has 0 saturated carbocycles. The second-order valence-electron chi connectivity index (χ2n) is 3.48. The van der Waals surface area contributed by atoms with Crippen LogP contribution < -0.4 is 10.6 Å². The highest BCUT2D eigenvalue weighted by atomic mass is 15.1. The molecule has 3 heteroatoms. The predicted octanol–water partition coefficient (Wildman–Crippen LogP) is 1.78. The highest BCUT2D eigenvalue weighted by Gasteiger charge is 2.04. The van der Waals surface area contributed by atoms with E-state index in [1.165, 1.54) is 18.4 Å². The van der Waals surface area contributed by atoms with Crippen LogP contribution in [0.5, 0.6) is 0 Å². The Kier molecular flexibility index (Phi) is 4.40. The van der Waals surface area contributed by atoms with E-state index in [9.17, 15) is 0 Å². The van der Waals surface area contributed by atoms with Crippen LogP contribution in [-0.4, -0.2) is 18.6 Å². The lowest BCUT2D eigenvalue weighted by atomic mass is 10.2. The van der Waals surface area contributed by atoms with Crippen LogP contribution in [0.2, 0.25) is 0 Å². The number of pyridine rings is 1. The highest BCUT2D eigenvalue weighted by molar-refractivity contribution is 5.50. The first-order valence-electron chi connectivity index (χ1n) is 5.13. The largest absolute Gasteiger partial charge is 0.373 e. The molecular weight excluding hydrogens is 174 g/mol. The molecule has 0 bridgehead atoms. The molecule has 14 heavy (non-hydrogen) atoms. The second kappa shape index (κ2) is 5.60. The number of aromatic nitrogens is 1. The lowest BCUT2D eigenvalue weighted by Gasteiger charge is -2.21. The number of hydrogen-bond donors (Lipinski definition) is 1. The van der Waals surface area contributed by atoms with Crippen LogP contribution in [0.25, 0.3) is 0 Å². The molecule has 0 spiro atoms. The fraction of sp³-hybridized carbons (Fsp3) is 0.545. The lowest BCUT2D eigenvalue weighted by molar-refractivity contribution is 0.762. The van der Waals surface area contributed by atoms with Crippen LogP contribution in [0.1, 0.15) is 25.3 Å². The molecule has 0 aliphatic carbocycles. The maximum atomic E-state index is 5.66. The molecule has 0 aliphatic rings. The molecule has 1 aromatic heterocycles. The summed E-state index contributed by atoms with van der Waals surface area (Å²) in [6.45, 7) is 3.84. The van der Waals surface area contributed by atoms with Gasteiger partial charge in [-0.2, -0.15) is 0 Å². The van der Waals surface area contributed by atoms with Crippen molar-refractivity contribution in [1.82, 2.24) is 4.98 Å². The molecule has 0 amide bonds. The van der Waals surface area contributed by atoms with Gasteiger partial charge in [-0.05, 0) is 18.1 Å². The Labute approximate surface area is 85.9 Å². The average molecular weight is 193 g/mol. The molecule has 0 saturated heterocycles. The topological polar surface area (TPSA) is 42.2 Å². The van der Waals surface area contributed by atoms with Gasteiger partial charge in [0.1, 0.15) is 0 Å². The lowest BCUT2D eigenvalue weighted by Crippen LogP contribution is -2.20. The molecule has 1 rings (SSSR count). The molecule has 0 atom stereocenters. The van der Waals surface area contributed by atoms with Crippen molar-refractivity contribution >= 4 is 5.69 Å². The van der Waals surface area contributed by atoms with Gasteiger partial charge < -0.3 is 10.6 Å². The third-order valence-electron chi connectivity index (χ3n) is 2.37. The summed E-state index contributed by atoms with van der Waals surface area (Å²) in [5.41, 5.74) is 7.98. The number of rotatable bonds is 5. The normalized spacial score (nSPS) is 10.2. The van der Waals surface area contributed by atoms with E-state index in [2.05, 4.69) is 23.9 Å². The molecule has 2 N–H and O–H groups in total. The number of unbranched alkanes of at least 4 members (excludes halogenated alkanes) is 1. The number of nitrogens with zero attached hydrogens (tertiary/aromatic N) is 2. The van der Waals surface area contributed by atoms with Gasteiger partial charge in [0.05, 0.1) is 11.9 Å². The number of hydrogen-bond acceptors (Lipinski definition) is 3. The van der Waals surface area contributed by atoms with Gasteiger partial charge in [0, 0.05) is 26.3 Å². The molecule has 0 radical (unpaired) electrons. The summed E-state index contributed by atoms with van der Waals surface area (Å²) in [5, 5.41) is 0. The van der Waals surface area contributed by atoms with Crippen LogP contribution in [0.3, 0.4) is 0 Å². The predicted molar refractivity (Wildman–Crippen MR) is 60.3 cm³/mol. The Morgan fingerprint density at radius 2 is 2.29 bits per heavy atom. The van der Waals surface area contributed by atoms with Crippen LogP contribution in [0, 0.1) is 0 Å². The van der Waals surface area contributed by atoms with Crippen molar-refractivity contribution in [2.75, 3.05) is 18.5 Å². The maximum Gasteiger partial charge on any atom is 0.0595 e. The first kappa shape index (κ1) is 11.0. The average Bonchev–Trinajstić information content (AvgIpc) is 2.25. The first-order chi connectivity index (χ1) is 6.79.